The van der Waals surface area contributed by atoms with Crippen molar-refractivity contribution in [3.8, 4) is 17.8 Å². The molecule has 0 atom stereocenters. The largest absolute Gasteiger partial charge is 0.423 e. The van der Waals surface area contributed by atoms with Crippen LogP contribution in [0.1, 0.15) is 16.7 Å². The van der Waals surface area contributed by atoms with Crippen molar-refractivity contribution in [2.75, 3.05) is 41.3 Å². The summed E-state index contributed by atoms with van der Waals surface area (Å²) >= 11 is 0. The Kier molecular flexibility index (Phi) is 8.29. The first kappa shape index (κ1) is 32.1. The maximum atomic E-state index is 13.7. The summed E-state index contributed by atoms with van der Waals surface area (Å²) in [6, 6.07) is 17.5. The number of pyridine rings is 1. The molecule has 0 bridgehead atoms. The highest BCUT2D eigenvalue weighted by Gasteiger charge is 2.34. The molecule has 2 aromatic heterocycles. The Bertz CT molecular complexity index is 2100. The van der Waals surface area contributed by atoms with Crippen LogP contribution in [-0.2, 0) is 19.4 Å². The van der Waals surface area contributed by atoms with Crippen molar-refractivity contribution in [3.63, 3.8) is 0 Å². The van der Waals surface area contributed by atoms with Crippen LogP contribution in [0.4, 0.5) is 49.6 Å². The van der Waals surface area contributed by atoms with E-state index in [-0.39, 0.29) is 48.0 Å². The van der Waals surface area contributed by atoms with E-state index in [0.29, 0.717) is 29.7 Å². The summed E-state index contributed by atoms with van der Waals surface area (Å²) in [5.74, 6) is 0.00852. The highest BCUT2D eigenvalue weighted by molar-refractivity contribution is 5.85. The van der Waals surface area contributed by atoms with Gasteiger partial charge >= 0.3 is 18.4 Å². The standard InChI is InChI=1S/C32H24F6N8O2/c1-44-25-8-3-2-7-23(25)26(17-27(44)47)48-30-42-28(40-21-10-9-19(18-39)24(16-21)32(36,37)38)41-29(43-30)46-13-11-45(12-14-46)22-6-4-5-20(15-22)31(33,34)35/h2-10,15-17H,11-14H2,1H3,(H,40,41,42,43). The van der Waals surface area contributed by atoms with E-state index in [1.165, 1.54) is 28.8 Å². The van der Waals surface area contributed by atoms with E-state index in [4.69, 9.17) is 10.00 Å². The quantitative estimate of drug-likeness (QED) is 0.203. The number of alkyl halides is 6. The number of nitriles is 1. The van der Waals surface area contributed by atoms with Crippen molar-refractivity contribution in [2.24, 2.45) is 7.05 Å². The molecule has 5 aromatic rings. The Morgan fingerprint density at radius 1 is 0.833 bits per heavy atom. The lowest BCUT2D eigenvalue weighted by Crippen LogP contribution is -2.47. The summed E-state index contributed by atoms with van der Waals surface area (Å²) in [7, 11) is 1.60. The van der Waals surface area contributed by atoms with Crippen LogP contribution in [0.25, 0.3) is 10.9 Å². The van der Waals surface area contributed by atoms with Crippen LogP contribution in [0.3, 0.4) is 0 Å². The second kappa shape index (κ2) is 12.4. The molecule has 1 N–H and O–H groups in total. The van der Waals surface area contributed by atoms with Gasteiger partial charge in [0.25, 0.3) is 5.56 Å². The second-order valence-electron chi connectivity index (χ2n) is 10.8. The summed E-state index contributed by atoms with van der Waals surface area (Å²) in [4.78, 5) is 29.3. The summed E-state index contributed by atoms with van der Waals surface area (Å²) in [6.45, 7) is 1.14. The third kappa shape index (κ3) is 6.66. The zero-order valence-corrected chi connectivity index (χ0v) is 25.0. The van der Waals surface area contributed by atoms with Gasteiger partial charge in [-0.25, -0.2) is 0 Å². The molecule has 10 nitrogen and oxygen atoms in total. The molecule has 1 aliphatic rings. The van der Waals surface area contributed by atoms with Gasteiger partial charge in [-0.1, -0.05) is 18.2 Å². The molecule has 0 saturated carbocycles. The molecule has 1 fully saturated rings. The van der Waals surface area contributed by atoms with E-state index in [9.17, 15) is 31.1 Å². The number of aromatic nitrogens is 4. The predicted molar refractivity (Wildman–Crippen MR) is 164 cm³/mol. The first-order chi connectivity index (χ1) is 22.8. The molecule has 246 valence electrons. The molecule has 0 radical (unpaired) electrons. The van der Waals surface area contributed by atoms with Gasteiger partial charge in [0, 0.05) is 56.1 Å². The Labute approximate surface area is 268 Å². The number of hydrogen-bond donors (Lipinski definition) is 1. The first-order valence-corrected chi connectivity index (χ1v) is 14.4. The van der Waals surface area contributed by atoms with E-state index in [2.05, 4.69) is 20.3 Å². The van der Waals surface area contributed by atoms with Gasteiger partial charge in [-0.15, -0.1) is 0 Å². The Morgan fingerprint density at radius 2 is 1.56 bits per heavy atom. The van der Waals surface area contributed by atoms with Gasteiger partial charge in [0.05, 0.1) is 28.3 Å². The Balaban J connectivity index is 1.34. The molecule has 0 spiro atoms. The normalized spacial score (nSPS) is 13.8. The Hall–Kier alpha value is -5.85. The van der Waals surface area contributed by atoms with Crippen LogP contribution in [0.5, 0.6) is 11.8 Å². The van der Waals surface area contributed by atoms with Crippen molar-refractivity contribution in [1.29, 1.82) is 5.26 Å². The lowest BCUT2D eigenvalue weighted by molar-refractivity contribution is -0.138. The molecule has 0 amide bonds. The van der Waals surface area contributed by atoms with Crippen molar-refractivity contribution < 1.29 is 31.1 Å². The van der Waals surface area contributed by atoms with E-state index < -0.39 is 29.0 Å². The molecule has 6 rings (SSSR count). The average Bonchev–Trinajstić information content (AvgIpc) is 3.06. The zero-order valence-electron chi connectivity index (χ0n) is 25.0. The van der Waals surface area contributed by atoms with Crippen molar-refractivity contribution in [2.45, 2.75) is 12.4 Å². The van der Waals surface area contributed by atoms with Gasteiger partial charge in [-0.05, 0) is 48.5 Å². The van der Waals surface area contributed by atoms with Gasteiger partial charge in [0.1, 0.15) is 5.75 Å². The molecule has 16 heteroatoms. The molecule has 0 aliphatic carbocycles. The van der Waals surface area contributed by atoms with Crippen molar-refractivity contribution in [3.05, 3.63) is 99.8 Å². The zero-order chi connectivity index (χ0) is 34.2. The molecular formula is C32H24F6N8O2. The monoisotopic (exact) mass is 666 g/mol. The highest BCUT2D eigenvalue weighted by atomic mass is 19.4. The molecule has 1 saturated heterocycles. The number of nitrogens with one attached hydrogen (secondary N) is 1. The molecule has 0 unspecified atom stereocenters. The second-order valence-corrected chi connectivity index (χ2v) is 10.8. The van der Waals surface area contributed by atoms with Gasteiger partial charge in [0.2, 0.25) is 11.9 Å². The van der Waals surface area contributed by atoms with E-state index >= 15 is 0 Å². The molecular weight excluding hydrogens is 642 g/mol. The number of anilines is 4. The van der Waals surface area contributed by atoms with Crippen LogP contribution < -0.4 is 25.4 Å². The number of ether oxygens (including phenoxy) is 1. The molecule has 3 heterocycles. The fourth-order valence-corrected chi connectivity index (χ4v) is 5.28. The van der Waals surface area contributed by atoms with Gasteiger partial charge < -0.3 is 24.4 Å². The summed E-state index contributed by atoms with van der Waals surface area (Å²) in [5.41, 5.74) is -1.97. The summed E-state index contributed by atoms with van der Waals surface area (Å²) in [5, 5.41) is 12.5. The average molecular weight is 667 g/mol. The minimum atomic E-state index is -4.80. The van der Waals surface area contributed by atoms with Gasteiger partial charge in [-0.2, -0.15) is 46.6 Å². The van der Waals surface area contributed by atoms with E-state index in [0.717, 1.165) is 24.3 Å². The number of rotatable bonds is 6. The molecule has 48 heavy (non-hydrogen) atoms. The van der Waals surface area contributed by atoms with Crippen LogP contribution in [-0.4, -0.2) is 45.7 Å². The summed E-state index contributed by atoms with van der Waals surface area (Å²) < 4.78 is 88.3. The van der Waals surface area contributed by atoms with Crippen LogP contribution in [0, 0.1) is 11.3 Å². The van der Waals surface area contributed by atoms with Crippen molar-refractivity contribution >= 4 is 34.2 Å². The van der Waals surface area contributed by atoms with Crippen LogP contribution >= 0.6 is 0 Å². The minimum absolute atomic E-state index is 0.0715. The number of aryl methyl sites for hydroxylation is 1. The van der Waals surface area contributed by atoms with E-state index in [1.807, 2.05) is 0 Å². The number of piperazine rings is 1. The maximum absolute atomic E-state index is 13.7. The van der Waals surface area contributed by atoms with Crippen LogP contribution in [0.2, 0.25) is 0 Å². The number of hydrogen-bond acceptors (Lipinski definition) is 9. The lowest BCUT2D eigenvalue weighted by Gasteiger charge is -2.36. The van der Waals surface area contributed by atoms with Crippen LogP contribution in [0.15, 0.2) is 77.6 Å². The maximum Gasteiger partial charge on any atom is 0.417 e. The number of fused-ring (bicyclic) bond motifs is 1. The highest BCUT2D eigenvalue weighted by Crippen LogP contribution is 2.35. The third-order valence-electron chi connectivity index (χ3n) is 7.72. The van der Waals surface area contributed by atoms with E-state index in [1.54, 1.807) is 47.2 Å². The smallest absolute Gasteiger partial charge is 0.417 e. The van der Waals surface area contributed by atoms with Gasteiger partial charge in [0.15, 0.2) is 0 Å². The predicted octanol–water partition coefficient (Wildman–Crippen LogP) is 6.50. The number of halogens is 6. The number of nitrogens with zero attached hydrogens (tertiary/aromatic N) is 7. The minimum Gasteiger partial charge on any atom is -0.423 e. The number of benzene rings is 3. The SMILES string of the molecule is Cn1c(=O)cc(Oc2nc(Nc3ccc(C#N)c(C(F)(F)F)c3)nc(N3CCN(c4cccc(C(F)(F)F)c4)CC3)n2)c2ccccc21. The topological polar surface area (TPSA) is 112 Å². The fourth-order valence-electron chi connectivity index (χ4n) is 5.28. The summed E-state index contributed by atoms with van der Waals surface area (Å²) in [6.07, 6.45) is -9.30. The van der Waals surface area contributed by atoms with Crippen molar-refractivity contribution in [1.82, 2.24) is 19.5 Å². The van der Waals surface area contributed by atoms with Gasteiger partial charge in [-0.3, -0.25) is 4.79 Å². The first-order valence-electron chi connectivity index (χ1n) is 14.4. The molecule has 3 aromatic carbocycles. The molecule has 1 aliphatic heterocycles. The third-order valence-corrected chi connectivity index (χ3v) is 7.72. The Morgan fingerprint density at radius 3 is 2.27 bits per heavy atom. The lowest BCUT2D eigenvalue weighted by atomic mass is 10.1. The number of para-hydroxylation sites is 1. The fraction of sp³-hybridized carbons (Fsp3) is 0.219.